The average molecular weight is 442 g/mol. The van der Waals surface area contributed by atoms with Gasteiger partial charge in [-0.1, -0.05) is 50.2 Å². The molecule has 0 aromatic heterocycles. The van der Waals surface area contributed by atoms with Gasteiger partial charge in [0.25, 0.3) is 5.91 Å². The summed E-state index contributed by atoms with van der Waals surface area (Å²) < 4.78 is 0. The van der Waals surface area contributed by atoms with E-state index < -0.39 is 5.92 Å². The van der Waals surface area contributed by atoms with Gasteiger partial charge in [-0.15, -0.1) is 0 Å². The van der Waals surface area contributed by atoms with Crippen molar-refractivity contribution in [3.05, 3.63) is 90.0 Å². The lowest BCUT2D eigenvalue weighted by Gasteiger charge is -2.18. The van der Waals surface area contributed by atoms with Gasteiger partial charge in [0.05, 0.1) is 5.92 Å². The molecule has 168 valence electrons. The molecule has 0 spiro atoms. The van der Waals surface area contributed by atoms with Crippen LogP contribution in [-0.4, -0.2) is 24.3 Å². The molecule has 1 fully saturated rings. The molecule has 0 aliphatic carbocycles. The predicted octanol–water partition coefficient (Wildman–Crippen LogP) is 5.05. The molecule has 1 atom stereocenters. The zero-order valence-corrected chi connectivity index (χ0v) is 18.7. The van der Waals surface area contributed by atoms with Crippen molar-refractivity contribution in [3.8, 4) is 0 Å². The fourth-order valence-electron chi connectivity index (χ4n) is 3.87. The van der Waals surface area contributed by atoms with E-state index in [-0.39, 0.29) is 30.7 Å². The highest BCUT2D eigenvalue weighted by Gasteiger charge is 2.35. The molecule has 0 unspecified atom stereocenters. The second kappa shape index (κ2) is 9.69. The fraction of sp³-hybridized carbons (Fsp3) is 0.222. The molecule has 6 nitrogen and oxygen atoms in total. The maximum atomic E-state index is 12.8. The molecule has 6 heteroatoms. The van der Waals surface area contributed by atoms with Crippen LogP contribution < -0.4 is 15.5 Å². The van der Waals surface area contributed by atoms with E-state index in [1.54, 1.807) is 29.2 Å². The van der Waals surface area contributed by atoms with Crippen molar-refractivity contribution in [3.63, 3.8) is 0 Å². The van der Waals surface area contributed by atoms with Crippen LogP contribution in [0.4, 0.5) is 17.1 Å². The number of nitrogens with one attached hydrogen (secondary N) is 2. The third kappa shape index (κ3) is 5.29. The monoisotopic (exact) mass is 441 g/mol. The molecular formula is C27H27N3O3. The second-order valence-electron chi connectivity index (χ2n) is 8.54. The van der Waals surface area contributed by atoms with Crippen LogP contribution in [0.5, 0.6) is 0 Å². The Morgan fingerprint density at radius 3 is 2.27 bits per heavy atom. The first kappa shape index (κ1) is 22.3. The van der Waals surface area contributed by atoms with Crippen LogP contribution in [0.1, 0.15) is 42.1 Å². The van der Waals surface area contributed by atoms with Crippen molar-refractivity contribution < 1.29 is 14.4 Å². The quantitative estimate of drug-likeness (QED) is 0.562. The average Bonchev–Trinajstić information content (AvgIpc) is 3.22. The number of nitrogens with zero attached hydrogens (tertiary/aromatic N) is 1. The molecule has 4 rings (SSSR count). The molecule has 0 radical (unpaired) electrons. The van der Waals surface area contributed by atoms with Crippen LogP contribution >= 0.6 is 0 Å². The van der Waals surface area contributed by atoms with E-state index in [2.05, 4.69) is 24.5 Å². The lowest BCUT2D eigenvalue weighted by atomic mass is 10.0. The number of amides is 3. The largest absolute Gasteiger partial charge is 0.326 e. The zero-order chi connectivity index (χ0) is 23.4. The SMILES string of the molecule is CC(C)c1ccc(NC(=O)[C@@H]2CC(=O)N(c3cccc(C(=O)Nc4ccccc4)c3)C2)cc1. The van der Waals surface area contributed by atoms with Crippen molar-refractivity contribution in [2.24, 2.45) is 5.92 Å². The van der Waals surface area contributed by atoms with Gasteiger partial charge in [-0.25, -0.2) is 0 Å². The first-order chi connectivity index (χ1) is 15.9. The van der Waals surface area contributed by atoms with Crippen molar-refractivity contribution in [1.29, 1.82) is 0 Å². The highest BCUT2D eigenvalue weighted by molar-refractivity contribution is 6.07. The maximum absolute atomic E-state index is 12.8. The third-order valence-electron chi connectivity index (χ3n) is 5.79. The van der Waals surface area contributed by atoms with Crippen LogP contribution in [0.25, 0.3) is 0 Å². The number of carbonyl (C=O) groups is 3. The Hall–Kier alpha value is -3.93. The van der Waals surface area contributed by atoms with Gasteiger partial charge in [0, 0.05) is 35.6 Å². The Morgan fingerprint density at radius 1 is 0.879 bits per heavy atom. The topological polar surface area (TPSA) is 78.5 Å². The lowest BCUT2D eigenvalue weighted by molar-refractivity contribution is -0.122. The molecule has 2 N–H and O–H groups in total. The van der Waals surface area contributed by atoms with E-state index in [0.29, 0.717) is 22.9 Å². The molecule has 3 amide bonds. The minimum absolute atomic E-state index is 0.133. The lowest BCUT2D eigenvalue weighted by Crippen LogP contribution is -2.28. The van der Waals surface area contributed by atoms with Crippen LogP contribution in [0.15, 0.2) is 78.9 Å². The number of para-hydroxylation sites is 1. The van der Waals surface area contributed by atoms with E-state index in [0.717, 1.165) is 5.69 Å². The molecule has 33 heavy (non-hydrogen) atoms. The molecule has 3 aromatic rings. The van der Waals surface area contributed by atoms with Gasteiger partial charge in [0.1, 0.15) is 0 Å². The van der Waals surface area contributed by atoms with Gasteiger partial charge in [0.15, 0.2) is 0 Å². The molecule has 1 aliphatic heterocycles. The van der Waals surface area contributed by atoms with Gasteiger partial charge in [-0.2, -0.15) is 0 Å². The summed E-state index contributed by atoms with van der Waals surface area (Å²) in [7, 11) is 0. The minimum Gasteiger partial charge on any atom is -0.326 e. The number of anilines is 3. The van der Waals surface area contributed by atoms with Crippen molar-refractivity contribution in [2.45, 2.75) is 26.2 Å². The van der Waals surface area contributed by atoms with Gasteiger partial charge >= 0.3 is 0 Å². The standard InChI is InChI=1S/C27H27N3O3/c1-18(2)19-11-13-23(14-12-19)29-27(33)21-16-25(31)30(17-21)24-10-6-7-20(15-24)26(32)28-22-8-4-3-5-9-22/h3-15,18,21H,16-17H2,1-2H3,(H,28,32)(H,29,33)/t21-/m1/s1. The summed E-state index contributed by atoms with van der Waals surface area (Å²) in [5.41, 5.74) is 3.67. The number of hydrogen-bond acceptors (Lipinski definition) is 3. The van der Waals surface area contributed by atoms with E-state index >= 15 is 0 Å². The molecule has 1 heterocycles. The molecular weight excluding hydrogens is 414 g/mol. The second-order valence-corrected chi connectivity index (χ2v) is 8.54. The fourth-order valence-corrected chi connectivity index (χ4v) is 3.87. The Bertz CT molecular complexity index is 1160. The third-order valence-corrected chi connectivity index (χ3v) is 5.79. The highest BCUT2D eigenvalue weighted by atomic mass is 16.2. The highest BCUT2D eigenvalue weighted by Crippen LogP contribution is 2.27. The number of benzene rings is 3. The van der Waals surface area contributed by atoms with E-state index in [9.17, 15) is 14.4 Å². The first-order valence-corrected chi connectivity index (χ1v) is 11.1. The van der Waals surface area contributed by atoms with Crippen LogP contribution in [0.2, 0.25) is 0 Å². The Morgan fingerprint density at radius 2 is 1.58 bits per heavy atom. The molecule has 1 saturated heterocycles. The number of carbonyl (C=O) groups excluding carboxylic acids is 3. The predicted molar refractivity (Wildman–Crippen MR) is 130 cm³/mol. The summed E-state index contributed by atoms with van der Waals surface area (Å²) in [4.78, 5) is 39.7. The molecule has 1 aliphatic rings. The summed E-state index contributed by atoms with van der Waals surface area (Å²) in [5.74, 6) is -0.605. The minimum atomic E-state index is -0.455. The summed E-state index contributed by atoms with van der Waals surface area (Å²) in [5, 5.41) is 5.76. The van der Waals surface area contributed by atoms with E-state index in [1.807, 2.05) is 54.6 Å². The van der Waals surface area contributed by atoms with Crippen LogP contribution in [0, 0.1) is 5.92 Å². The van der Waals surface area contributed by atoms with Gasteiger partial charge in [0.2, 0.25) is 11.8 Å². The van der Waals surface area contributed by atoms with Crippen LogP contribution in [0.3, 0.4) is 0 Å². The molecule has 0 saturated carbocycles. The Balaban J connectivity index is 1.42. The zero-order valence-electron chi connectivity index (χ0n) is 18.7. The molecule has 3 aromatic carbocycles. The summed E-state index contributed by atoms with van der Waals surface area (Å²) in [6.07, 6.45) is 0.135. The summed E-state index contributed by atoms with van der Waals surface area (Å²) in [6.45, 7) is 4.51. The normalized spacial score (nSPS) is 15.5. The van der Waals surface area contributed by atoms with E-state index in [1.165, 1.54) is 5.56 Å². The summed E-state index contributed by atoms with van der Waals surface area (Å²) >= 11 is 0. The Kier molecular flexibility index (Phi) is 6.54. The number of hydrogen-bond donors (Lipinski definition) is 2. The summed E-state index contributed by atoms with van der Waals surface area (Å²) in [6, 6.07) is 23.9. The van der Waals surface area contributed by atoms with Gasteiger partial charge < -0.3 is 15.5 Å². The van der Waals surface area contributed by atoms with Crippen molar-refractivity contribution >= 4 is 34.8 Å². The van der Waals surface area contributed by atoms with Gasteiger partial charge in [-0.05, 0) is 53.9 Å². The van der Waals surface area contributed by atoms with Gasteiger partial charge in [-0.3, -0.25) is 14.4 Å². The van der Waals surface area contributed by atoms with E-state index in [4.69, 9.17) is 0 Å². The van der Waals surface area contributed by atoms with Crippen molar-refractivity contribution in [1.82, 2.24) is 0 Å². The molecule has 0 bridgehead atoms. The van der Waals surface area contributed by atoms with Crippen molar-refractivity contribution in [2.75, 3.05) is 22.1 Å². The Labute approximate surface area is 193 Å². The van der Waals surface area contributed by atoms with Crippen LogP contribution in [-0.2, 0) is 9.59 Å². The number of rotatable bonds is 6. The first-order valence-electron chi connectivity index (χ1n) is 11.1. The smallest absolute Gasteiger partial charge is 0.255 e. The maximum Gasteiger partial charge on any atom is 0.255 e.